The summed E-state index contributed by atoms with van der Waals surface area (Å²) in [5.41, 5.74) is 2.69. The Morgan fingerprint density at radius 2 is 1.77 bits per heavy atom. The van der Waals surface area contributed by atoms with E-state index in [-0.39, 0.29) is 35.3 Å². The summed E-state index contributed by atoms with van der Waals surface area (Å²) in [4.78, 5) is 39.7. The molecule has 1 fully saturated rings. The van der Waals surface area contributed by atoms with Crippen LogP contribution in [0.5, 0.6) is 17.2 Å². The van der Waals surface area contributed by atoms with E-state index in [1.54, 1.807) is 31.4 Å². The van der Waals surface area contributed by atoms with Gasteiger partial charge < -0.3 is 39.2 Å². The molecule has 0 aliphatic heterocycles. The lowest BCUT2D eigenvalue weighted by Crippen LogP contribution is -2.43. The van der Waals surface area contributed by atoms with Gasteiger partial charge in [0, 0.05) is 36.2 Å². The summed E-state index contributed by atoms with van der Waals surface area (Å²) < 4.78 is 23.8. The van der Waals surface area contributed by atoms with Crippen LogP contribution in [-0.4, -0.2) is 62.3 Å². The van der Waals surface area contributed by atoms with Crippen LogP contribution in [0, 0.1) is 0 Å². The number of aliphatic carboxylic acids is 1. The number of aromatic hydroxyl groups is 1. The Hall–Kier alpha value is -4.36. The number of esters is 1. The van der Waals surface area contributed by atoms with Gasteiger partial charge in [0.1, 0.15) is 17.2 Å². The Morgan fingerprint density at radius 3 is 2.46 bits per heavy atom. The number of nitrogens with one attached hydrogen (secondary N) is 2. The molecule has 5 rings (SSSR count). The lowest BCUT2D eigenvalue weighted by molar-refractivity contribution is -0.146. The van der Waals surface area contributed by atoms with E-state index < -0.39 is 31.8 Å². The molecule has 4 N–H and O–H groups in total. The van der Waals surface area contributed by atoms with Crippen molar-refractivity contribution in [3.05, 3.63) is 98.3 Å². The Kier molecular flexibility index (Phi) is 14.0. The average molecular weight is 807 g/mol. The molecule has 4 aromatic rings. The summed E-state index contributed by atoms with van der Waals surface area (Å²) in [5, 5.41) is 25.0. The van der Waals surface area contributed by atoms with Crippen molar-refractivity contribution in [3.8, 4) is 17.2 Å². The molecule has 11 nitrogen and oxygen atoms in total. The Labute approximate surface area is 334 Å². The number of fused-ring (bicyclic) bond motifs is 1. The Morgan fingerprint density at radius 1 is 1.02 bits per heavy atom. The third kappa shape index (κ3) is 10.1. The number of carbonyl (C=O) groups excluding carboxylic acids is 1. The number of ether oxygens (including phenoxy) is 3. The van der Waals surface area contributed by atoms with Crippen molar-refractivity contribution < 1.29 is 38.4 Å². The van der Waals surface area contributed by atoms with Crippen molar-refractivity contribution >= 4 is 42.8 Å². The van der Waals surface area contributed by atoms with E-state index in [2.05, 4.69) is 44.2 Å². The molecule has 13 heteroatoms. The number of hydrogen-bond acceptors (Lipinski definition) is 9. The van der Waals surface area contributed by atoms with E-state index in [0.717, 1.165) is 41.5 Å². The highest BCUT2D eigenvalue weighted by atomic mass is 35.5. The second-order valence-electron chi connectivity index (χ2n) is 16.1. The summed E-state index contributed by atoms with van der Waals surface area (Å²) in [6, 6.07) is 17.7. The second-order valence-corrected chi connectivity index (χ2v) is 21.3. The molecule has 0 saturated heterocycles. The molecule has 0 spiro atoms. The smallest absolute Gasteiger partial charge is 0.344 e. The summed E-state index contributed by atoms with van der Waals surface area (Å²) in [6.07, 6.45) is 5.01. The lowest BCUT2D eigenvalue weighted by atomic mass is 9.69. The van der Waals surface area contributed by atoms with Crippen molar-refractivity contribution in [2.45, 2.75) is 102 Å². The molecular formula is C43H55ClN2O9Si. The number of phenols is 1. The number of benzene rings is 3. The van der Waals surface area contributed by atoms with Crippen molar-refractivity contribution in [1.82, 2.24) is 10.3 Å². The zero-order chi connectivity index (χ0) is 40.7. The van der Waals surface area contributed by atoms with Crippen LogP contribution >= 0.6 is 11.6 Å². The van der Waals surface area contributed by atoms with E-state index >= 15 is 0 Å². The molecule has 0 unspecified atom stereocenters. The van der Waals surface area contributed by atoms with E-state index in [1.807, 2.05) is 30.3 Å². The van der Waals surface area contributed by atoms with Gasteiger partial charge in [-0.3, -0.25) is 9.59 Å². The van der Waals surface area contributed by atoms with Crippen molar-refractivity contribution in [1.29, 1.82) is 0 Å². The number of hydrogen-bond donors (Lipinski definition) is 4. The molecule has 3 aromatic carbocycles. The predicted octanol–water partition coefficient (Wildman–Crippen LogP) is 8.59. The third-order valence-corrected chi connectivity index (χ3v) is 16.1. The minimum absolute atomic E-state index is 0.0140. The number of phenolic OH excluding ortho intramolecular Hbond substituents is 1. The normalized spacial score (nSPS) is 15.0. The number of methoxy groups -OCH3 is 1. The van der Waals surface area contributed by atoms with Gasteiger partial charge in [0.25, 0.3) is 0 Å². The van der Waals surface area contributed by atoms with Gasteiger partial charge in [-0.1, -0.05) is 82.0 Å². The van der Waals surface area contributed by atoms with Gasteiger partial charge in [-0.15, -0.1) is 0 Å². The predicted molar refractivity (Wildman–Crippen MR) is 221 cm³/mol. The number of H-pyrrole nitrogens is 1. The minimum atomic E-state index is -2.28. The summed E-state index contributed by atoms with van der Waals surface area (Å²) in [7, 11) is -0.732. The van der Waals surface area contributed by atoms with Crippen LogP contribution in [0.15, 0.2) is 65.5 Å². The molecule has 1 atom stereocenters. The quantitative estimate of drug-likeness (QED) is 0.0463. The highest BCUT2D eigenvalue weighted by Crippen LogP contribution is 2.42. The maximum atomic E-state index is 12.6. The monoisotopic (exact) mass is 806 g/mol. The molecule has 0 bridgehead atoms. The molecule has 56 heavy (non-hydrogen) atoms. The molecule has 1 aromatic heterocycles. The SMILES string of the molecule is COc1cc(OCC(=O)OCCCc2cccc(C3(C(=O)O)CCCCC3)c2)c(Cl)cc1CNC[C@H](O[Si](C)(C)C(C)(C)C)c1ccc(O)c2[nH]c(=O)ccc12. The first kappa shape index (κ1) is 42.8. The number of aromatic nitrogens is 1. The molecule has 1 aliphatic carbocycles. The highest BCUT2D eigenvalue weighted by molar-refractivity contribution is 6.74. The Balaban J connectivity index is 1.17. The van der Waals surface area contributed by atoms with Gasteiger partial charge in [0.05, 0.1) is 35.8 Å². The van der Waals surface area contributed by atoms with Crippen molar-refractivity contribution in [2.24, 2.45) is 0 Å². The van der Waals surface area contributed by atoms with Gasteiger partial charge >= 0.3 is 11.9 Å². The van der Waals surface area contributed by atoms with Crippen molar-refractivity contribution in [3.63, 3.8) is 0 Å². The summed E-state index contributed by atoms with van der Waals surface area (Å²) >= 11 is 6.63. The third-order valence-electron chi connectivity index (χ3n) is 11.3. The number of rotatable bonds is 17. The summed E-state index contributed by atoms with van der Waals surface area (Å²) in [6.45, 7) is 11.5. The van der Waals surface area contributed by atoms with E-state index in [4.69, 9.17) is 30.2 Å². The zero-order valence-electron chi connectivity index (χ0n) is 33.3. The van der Waals surface area contributed by atoms with E-state index in [0.29, 0.717) is 60.4 Å². The fourth-order valence-electron chi connectivity index (χ4n) is 7.09. The van der Waals surface area contributed by atoms with E-state index in [1.165, 1.54) is 6.07 Å². The molecule has 1 heterocycles. The zero-order valence-corrected chi connectivity index (χ0v) is 35.0. The second kappa shape index (κ2) is 18.3. The molecule has 1 aliphatic rings. The maximum absolute atomic E-state index is 12.6. The van der Waals surface area contributed by atoms with Crippen molar-refractivity contribution in [2.75, 3.05) is 26.9 Å². The standard InChI is InChI=1S/C43H55ClN2O9Si/c1-42(2,3)56(5,6)55-37(31-15-17-34(47)40-32(31)16-18-38(48)46-40)26-45-25-29-23-33(44)36(24-35(29)52-4)54-27-39(49)53-21-11-13-28-12-10-14-30(22-28)43(41(50)51)19-8-7-9-20-43/h10,12,14-18,22-24,37,45,47H,7-9,11,13,19-21,25-27H2,1-6H3,(H,46,48)(H,50,51)/t37-/m0/s1. The molecular weight excluding hydrogens is 752 g/mol. The molecule has 302 valence electrons. The number of aryl methyl sites for hydroxylation is 1. The van der Waals surface area contributed by atoms with Crippen LogP contribution < -0.4 is 20.3 Å². The molecule has 0 amide bonds. The number of pyridine rings is 1. The summed E-state index contributed by atoms with van der Waals surface area (Å²) in [5.74, 6) is -0.519. The number of halogens is 1. The molecule has 1 saturated carbocycles. The largest absolute Gasteiger partial charge is 0.506 e. The Bertz CT molecular complexity index is 2070. The van der Waals surface area contributed by atoms with Gasteiger partial charge in [-0.05, 0) is 78.7 Å². The fourth-order valence-corrected chi connectivity index (χ4v) is 8.60. The molecule has 0 radical (unpaired) electrons. The first-order valence-corrected chi connectivity index (χ1v) is 22.5. The maximum Gasteiger partial charge on any atom is 0.344 e. The van der Waals surface area contributed by atoms with Crippen LogP contribution in [0.3, 0.4) is 0 Å². The average Bonchev–Trinajstić information content (AvgIpc) is 3.16. The first-order chi connectivity index (χ1) is 26.5. The van der Waals surface area contributed by atoms with E-state index in [9.17, 15) is 24.6 Å². The topological polar surface area (TPSA) is 156 Å². The van der Waals surface area contributed by atoms with Gasteiger partial charge in [0.15, 0.2) is 14.9 Å². The highest BCUT2D eigenvalue weighted by Gasteiger charge is 2.42. The van der Waals surface area contributed by atoms with Crippen LogP contribution in [0.2, 0.25) is 23.2 Å². The van der Waals surface area contributed by atoms with Gasteiger partial charge in [-0.2, -0.15) is 0 Å². The number of carbonyl (C=O) groups is 2. The number of aromatic amines is 1. The minimum Gasteiger partial charge on any atom is -0.506 e. The van der Waals surface area contributed by atoms with Crippen LogP contribution in [0.4, 0.5) is 0 Å². The van der Waals surface area contributed by atoms with Crippen LogP contribution in [0.1, 0.15) is 87.7 Å². The first-order valence-electron chi connectivity index (χ1n) is 19.3. The van der Waals surface area contributed by atoms with Gasteiger partial charge in [-0.25, -0.2) is 4.79 Å². The number of carboxylic acid groups (broad SMARTS) is 1. The fraction of sp³-hybridized carbons (Fsp3) is 0.465. The van der Waals surface area contributed by atoms with Crippen LogP contribution in [0.25, 0.3) is 10.9 Å². The van der Waals surface area contributed by atoms with Gasteiger partial charge in [0.2, 0.25) is 5.56 Å². The number of carboxylic acids is 1. The lowest BCUT2D eigenvalue weighted by Gasteiger charge is -2.39. The van der Waals surface area contributed by atoms with Crippen LogP contribution in [-0.2, 0) is 37.1 Å².